The van der Waals surface area contributed by atoms with Gasteiger partial charge in [0.15, 0.2) is 5.16 Å². The minimum atomic E-state index is -0.689. The molecule has 0 fully saturated rings. The number of amides is 1. The number of nitro groups is 1. The molecule has 0 unspecified atom stereocenters. The Hall–Kier alpha value is -3.89. The molecular weight excluding hydrogens is 492 g/mol. The van der Waals surface area contributed by atoms with Crippen molar-refractivity contribution in [3.8, 4) is 11.4 Å². The van der Waals surface area contributed by atoms with Crippen LogP contribution in [0.2, 0.25) is 5.02 Å². The zero-order valence-electron chi connectivity index (χ0n) is 18.6. The monoisotopic (exact) mass is 510 g/mol. The molecule has 0 spiro atoms. The highest BCUT2D eigenvalue weighted by Gasteiger charge is 2.22. The van der Waals surface area contributed by atoms with Gasteiger partial charge in [-0.05, 0) is 37.3 Å². The van der Waals surface area contributed by atoms with Crippen molar-refractivity contribution in [3.05, 3.63) is 92.2 Å². The van der Waals surface area contributed by atoms with Gasteiger partial charge in [0.05, 0.1) is 44.6 Å². The van der Waals surface area contributed by atoms with Crippen molar-refractivity contribution in [1.82, 2.24) is 9.55 Å². The van der Waals surface area contributed by atoms with E-state index in [0.29, 0.717) is 27.5 Å². The van der Waals surface area contributed by atoms with Crippen molar-refractivity contribution in [2.24, 2.45) is 0 Å². The number of carbonyl (C=O) groups excluding carboxylic acids is 1. The number of ether oxygens (including phenoxy) is 1. The van der Waals surface area contributed by atoms with Crippen LogP contribution in [0.1, 0.15) is 6.92 Å². The number of nitro benzene ring substituents is 1. The Labute approximate surface area is 208 Å². The summed E-state index contributed by atoms with van der Waals surface area (Å²) >= 11 is 7.20. The Kier molecular flexibility index (Phi) is 7.04. The topological polar surface area (TPSA) is 116 Å². The number of aromatic nitrogens is 2. The number of hydrogen-bond donors (Lipinski definition) is 1. The van der Waals surface area contributed by atoms with E-state index >= 15 is 0 Å². The maximum atomic E-state index is 13.4. The molecule has 1 amide bonds. The molecule has 1 atom stereocenters. The van der Waals surface area contributed by atoms with Crippen LogP contribution in [0.15, 0.2) is 76.7 Å². The predicted octanol–water partition coefficient (Wildman–Crippen LogP) is 5.08. The van der Waals surface area contributed by atoms with Gasteiger partial charge in [0.1, 0.15) is 5.75 Å². The fourth-order valence-corrected chi connectivity index (χ4v) is 4.48. The summed E-state index contributed by atoms with van der Waals surface area (Å²) in [4.78, 5) is 41.3. The van der Waals surface area contributed by atoms with Crippen LogP contribution >= 0.6 is 23.4 Å². The molecule has 1 aromatic heterocycles. The van der Waals surface area contributed by atoms with Crippen LogP contribution in [0.3, 0.4) is 0 Å². The molecule has 35 heavy (non-hydrogen) atoms. The van der Waals surface area contributed by atoms with E-state index in [0.717, 1.165) is 11.8 Å². The van der Waals surface area contributed by atoms with Crippen LogP contribution in [0, 0.1) is 10.1 Å². The molecule has 0 saturated heterocycles. The number of thioether (sulfide) groups is 1. The zero-order valence-corrected chi connectivity index (χ0v) is 20.2. The van der Waals surface area contributed by atoms with Gasteiger partial charge in [-0.3, -0.25) is 24.3 Å². The van der Waals surface area contributed by atoms with Gasteiger partial charge in [-0.15, -0.1) is 0 Å². The van der Waals surface area contributed by atoms with Gasteiger partial charge in [-0.25, -0.2) is 4.98 Å². The summed E-state index contributed by atoms with van der Waals surface area (Å²) in [5.41, 5.74) is 0.827. The number of benzene rings is 3. The van der Waals surface area contributed by atoms with Crippen molar-refractivity contribution >= 4 is 51.5 Å². The molecule has 4 aromatic rings. The average molecular weight is 511 g/mol. The number of carbonyl (C=O) groups is 1. The largest absolute Gasteiger partial charge is 0.497 e. The fourth-order valence-electron chi connectivity index (χ4n) is 3.33. The van der Waals surface area contributed by atoms with E-state index in [-0.39, 0.29) is 22.0 Å². The van der Waals surface area contributed by atoms with Gasteiger partial charge in [-0.1, -0.05) is 41.6 Å². The van der Waals surface area contributed by atoms with Gasteiger partial charge < -0.3 is 10.1 Å². The lowest BCUT2D eigenvalue weighted by atomic mass is 10.2. The molecule has 0 aliphatic rings. The molecule has 178 valence electrons. The predicted molar refractivity (Wildman–Crippen MR) is 136 cm³/mol. The van der Waals surface area contributed by atoms with Gasteiger partial charge in [0.2, 0.25) is 5.91 Å². The van der Waals surface area contributed by atoms with Crippen LogP contribution in [-0.4, -0.2) is 32.7 Å². The van der Waals surface area contributed by atoms with Gasteiger partial charge in [0, 0.05) is 18.2 Å². The Bertz CT molecular complexity index is 1510. The second-order valence-electron chi connectivity index (χ2n) is 7.42. The minimum absolute atomic E-state index is 0.0434. The van der Waals surface area contributed by atoms with Crippen LogP contribution < -0.4 is 15.6 Å². The van der Waals surface area contributed by atoms with Crippen molar-refractivity contribution < 1.29 is 14.5 Å². The second kappa shape index (κ2) is 10.2. The number of non-ortho nitro benzene ring substituents is 1. The highest BCUT2D eigenvalue weighted by Crippen LogP contribution is 2.30. The summed E-state index contributed by atoms with van der Waals surface area (Å²) in [6, 6.07) is 17.8. The zero-order chi connectivity index (χ0) is 25.1. The number of para-hydroxylation sites is 1. The van der Waals surface area contributed by atoms with E-state index < -0.39 is 16.1 Å². The fraction of sp³-hybridized carbons (Fsp3) is 0.125. The van der Waals surface area contributed by atoms with Crippen molar-refractivity contribution in [2.45, 2.75) is 17.3 Å². The molecule has 0 saturated carbocycles. The average Bonchev–Trinajstić information content (AvgIpc) is 2.85. The van der Waals surface area contributed by atoms with Crippen molar-refractivity contribution in [1.29, 1.82) is 0 Å². The normalized spacial score (nSPS) is 11.7. The third kappa shape index (κ3) is 5.13. The van der Waals surface area contributed by atoms with E-state index in [1.165, 1.54) is 29.9 Å². The van der Waals surface area contributed by atoms with Crippen LogP contribution in [0.5, 0.6) is 5.75 Å². The number of hydrogen-bond acceptors (Lipinski definition) is 7. The van der Waals surface area contributed by atoms with E-state index in [9.17, 15) is 19.7 Å². The Morgan fingerprint density at radius 3 is 2.66 bits per heavy atom. The number of anilines is 1. The molecule has 11 heteroatoms. The first-order chi connectivity index (χ1) is 16.8. The molecule has 1 heterocycles. The van der Waals surface area contributed by atoms with Gasteiger partial charge in [-0.2, -0.15) is 0 Å². The summed E-state index contributed by atoms with van der Waals surface area (Å²) in [6.45, 7) is 1.66. The van der Waals surface area contributed by atoms with Crippen LogP contribution in [-0.2, 0) is 4.79 Å². The Balaban J connectivity index is 1.69. The lowest BCUT2D eigenvalue weighted by molar-refractivity contribution is -0.384. The van der Waals surface area contributed by atoms with Gasteiger partial charge in [0.25, 0.3) is 11.2 Å². The smallest absolute Gasteiger partial charge is 0.271 e. The van der Waals surface area contributed by atoms with E-state index in [1.54, 1.807) is 55.5 Å². The molecule has 0 aliphatic carbocycles. The van der Waals surface area contributed by atoms with Crippen molar-refractivity contribution in [3.63, 3.8) is 0 Å². The summed E-state index contributed by atoms with van der Waals surface area (Å²) in [6.07, 6.45) is 0. The third-order valence-electron chi connectivity index (χ3n) is 5.13. The molecular formula is C24H19ClN4O5S. The SMILES string of the molecule is COc1cccc(-n2c(S[C@H](C)C(=O)Nc3ccc([N+](=O)[O-])cc3Cl)nc3ccccc3c2=O)c1. The Morgan fingerprint density at radius 1 is 1.17 bits per heavy atom. The second-order valence-corrected chi connectivity index (χ2v) is 9.14. The Morgan fingerprint density at radius 2 is 1.94 bits per heavy atom. The summed E-state index contributed by atoms with van der Waals surface area (Å²) in [7, 11) is 1.53. The molecule has 0 radical (unpaired) electrons. The van der Waals surface area contributed by atoms with E-state index in [2.05, 4.69) is 10.3 Å². The molecule has 4 rings (SSSR count). The molecule has 1 N–H and O–H groups in total. The third-order valence-corrected chi connectivity index (χ3v) is 6.49. The summed E-state index contributed by atoms with van der Waals surface area (Å²) in [5.74, 6) is 0.155. The van der Waals surface area contributed by atoms with E-state index in [1.807, 2.05) is 0 Å². The van der Waals surface area contributed by atoms with Gasteiger partial charge >= 0.3 is 0 Å². The number of nitrogens with one attached hydrogen (secondary N) is 1. The molecule has 0 bridgehead atoms. The number of methoxy groups -OCH3 is 1. The van der Waals surface area contributed by atoms with Crippen molar-refractivity contribution in [2.75, 3.05) is 12.4 Å². The first-order valence-electron chi connectivity index (χ1n) is 10.4. The maximum Gasteiger partial charge on any atom is 0.271 e. The highest BCUT2D eigenvalue weighted by atomic mass is 35.5. The molecule has 0 aliphatic heterocycles. The molecule has 9 nitrogen and oxygen atoms in total. The lowest BCUT2D eigenvalue weighted by Crippen LogP contribution is -2.26. The highest BCUT2D eigenvalue weighted by molar-refractivity contribution is 8.00. The quantitative estimate of drug-likeness (QED) is 0.159. The first-order valence-corrected chi connectivity index (χ1v) is 11.6. The minimum Gasteiger partial charge on any atom is -0.497 e. The van der Waals surface area contributed by atoms with E-state index in [4.69, 9.17) is 16.3 Å². The standard InChI is InChI=1S/C24H19ClN4O5S/c1-14(22(30)26-21-11-10-16(29(32)33)13-19(21)25)35-24-27-20-9-4-3-8-18(20)23(31)28(24)15-6-5-7-17(12-15)34-2/h3-14H,1-2H3,(H,26,30)/t14-/m1/s1. The summed E-state index contributed by atoms with van der Waals surface area (Å²) in [5, 5.41) is 13.7. The number of nitrogens with zero attached hydrogens (tertiary/aromatic N) is 3. The lowest BCUT2D eigenvalue weighted by Gasteiger charge is -2.17. The maximum absolute atomic E-state index is 13.4. The number of halogens is 1. The molecule has 3 aromatic carbocycles. The number of fused-ring (bicyclic) bond motifs is 1. The first kappa shape index (κ1) is 24.2. The van der Waals surface area contributed by atoms with Crippen LogP contribution in [0.25, 0.3) is 16.6 Å². The number of rotatable bonds is 7. The summed E-state index contributed by atoms with van der Waals surface area (Å²) < 4.78 is 6.74. The van der Waals surface area contributed by atoms with Crippen LogP contribution in [0.4, 0.5) is 11.4 Å².